The largest absolute Gasteiger partial charge is 0.0755 e. The Balaban J connectivity index is 2.98. The summed E-state index contributed by atoms with van der Waals surface area (Å²) in [6.45, 7) is 4.40. The van der Waals surface area contributed by atoms with E-state index in [1.165, 1.54) is 35.7 Å². The van der Waals surface area contributed by atoms with E-state index in [0.29, 0.717) is 0 Å². The van der Waals surface area contributed by atoms with Crippen LogP contribution in [0.15, 0.2) is 9.66 Å². The van der Waals surface area contributed by atoms with Crippen molar-refractivity contribution < 1.29 is 0 Å². The number of halogens is 1. The summed E-state index contributed by atoms with van der Waals surface area (Å²) in [7, 11) is 0. The van der Waals surface area contributed by atoms with Gasteiger partial charge in [-0.3, -0.25) is 0 Å². The van der Waals surface area contributed by atoms with Crippen LogP contribution in [0, 0.1) is 0 Å². The van der Waals surface area contributed by atoms with Crippen LogP contribution in [-0.4, -0.2) is 0 Å². The molecule has 1 heteroatoms. The van der Waals surface area contributed by atoms with E-state index in [0.717, 1.165) is 0 Å². The molecule has 0 aromatic rings. The highest BCUT2D eigenvalue weighted by atomic mass is 127. The molecule has 0 rings (SSSR count). The molecule has 0 nitrogen and oxygen atoms in total. The second-order valence-corrected chi connectivity index (χ2v) is 4.34. The normalized spacial score (nSPS) is 12.1. The average Bonchev–Trinajstić information content (AvgIpc) is 1.87. The van der Waals surface area contributed by atoms with E-state index in [2.05, 4.69) is 42.5 Å². The van der Waals surface area contributed by atoms with Crippen molar-refractivity contribution in [1.29, 1.82) is 0 Å². The van der Waals surface area contributed by atoms with Crippen LogP contribution in [0.4, 0.5) is 0 Å². The maximum absolute atomic E-state index is 2.36. The summed E-state index contributed by atoms with van der Waals surface area (Å²) in [5, 5.41) is 0. The molecule has 0 saturated carbocycles. The first-order valence-corrected chi connectivity index (χ1v) is 5.17. The molecule has 60 valence electrons. The van der Waals surface area contributed by atoms with Gasteiger partial charge in [0.15, 0.2) is 0 Å². The van der Waals surface area contributed by atoms with Gasteiger partial charge in [0.1, 0.15) is 0 Å². The second kappa shape index (κ2) is 7.58. The van der Waals surface area contributed by atoms with Gasteiger partial charge in [-0.25, -0.2) is 0 Å². The Bertz CT molecular complexity index is 90.9. The molecule has 0 saturated heterocycles. The molecular formula is C9H17I. The highest BCUT2D eigenvalue weighted by Crippen LogP contribution is 2.08. The van der Waals surface area contributed by atoms with Gasteiger partial charge in [-0.2, -0.15) is 0 Å². The van der Waals surface area contributed by atoms with Gasteiger partial charge in [0, 0.05) is 0 Å². The lowest BCUT2D eigenvalue weighted by atomic mass is 10.1. The van der Waals surface area contributed by atoms with Crippen molar-refractivity contribution in [2.45, 2.75) is 46.0 Å². The predicted octanol–water partition coefficient (Wildman–Crippen LogP) is 4.30. The minimum Gasteiger partial charge on any atom is -0.0755 e. The molecule has 0 fully saturated rings. The van der Waals surface area contributed by atoms with Crippen molar-refractivity contribution in [3.8, 4) is 0 Å². The zero-order valence-electron chi connectivity index (χ0n) is 6.99. The van der Waals surface area contributed by atoms with Gasteiger partial charge in [-0.15, -0.1) is 0 Å². The molecule has 0 aliphatic heterocycles. The Labute approximate surface area is 78.2 Å². The van der Waals surface area contributed by atoms with E-state index in [1.54, 1.807) is 0 Å². The molecule has 0 spiro atoms. The van der Waals surface area contributed by atoms with Gasteiger partial charge in [-0.1, -0.05) is 32.3 Å². The zero-order valence-corrected chi connectivity index (χ0v) is 9.15. The minimum atomic E-state index is 1.27. The maximum Gasteiger partial charge on any atom is -0.0165 e. The van der Waals surface area contributed by atoms with E-state index in [-0.39, 0.29) is 0 Å². The summed E-state index contributed by atoms with van der Waals surface area (Å²) in [6, 6.07) is 0. The van der Waals surface area contributed by atoms with Crippen LogP contribution < -0.4 is 0 Å². The van der Waals surface area contributed by atoms with Crippen molar-refractivity contribution in [3.05, 3.63) is 9.66 Å². The fourth-order valence-corrected chi connectivity index (χ4v) is 1.18. The molecule has 0 radical (unpaired) electrons. The summed E-state index contributed by atoms with van der Waals surface area (Å²) in [5.74, 6) is 0. The first kappa shape index (κ1) is 10.5. The third-order valence-electron chi connectivity index (χ3n) is 1.48. The summed E-state index contributed by atoms with van der Waals surface area (Å²) in [4.78, 5) is 0. The quantitative estimate of drug-likeness (QED) is 0.505. The SMILES string of the molecule is CCCCCC/C=C(\C)I. The van der Waals surface area contributed by atoms with Crippen molar-refractivity contribution in [1.82, 2.24) is 0 Å². The van der Waals surface area contributed by atoms with Gasteiger partial charge in [0.25, 0.3) is 0 Å². The lowest BCUT2D eigenvalue weighted by Crippen LogP contribution is -1.73. The molecule has 0 unspecified atom stereocenters. The smallest absolute Gasteiger partial charge is 0.0165 e. The molecule has 0 aliphatic carbocycles. The van der Waals surface area contributed by atoms with Gasteiger partial charge >= 0.3 is 0 Å². The monoisotopic (exact) mass is 252 g/mol. The summed E-state index contributed by atoms with van der Waals surface area (Å²) < 4.78 is 1.43. The zero-order chi connectivity index (χ0) is 7.82. The molecule has 0 atom stereocenters. The van der Waals surface area contributed by atoms with E-state index in [9.17, 15) is 0 Å². The number of hydrogen-bond donors (Lipinski definition) is 0. The van der Waals surface area contributed by atoms with Crippen molar-refractivity contribution >= 4 is 22.6 Å². The molecule has 10 heavy (non-hydrogen) atoms. The van der Waals surface area contributed by atoms with Crippen LogP contribution in [-0.2, 0) is 0 Å². The van der Waals surface area contributed by atoms with Crippen LogP contribution in [0.25, 0.3) is 0 Å². The Morgan fingerprint density at radius 3 is 2.50 bits per heavy atom. The summed E-state index contributed by atoms with van der Waals surface area (Å²) in [5.41, 5.74) is 0. The third-order valence-corrected chi connectivity index (χ3v) is 1.92. The first-order valence-electron chi connectivity index (χ1n) is 4.09. The van der Waals surface area contributed by atoms with E-state index >= 15 is 0 Å². The lowest BCUT2D eigenvalue weighted by molar-refractivity contribution is 0.674. The molecule has 0 amide bonds. The molecule has 0 bridgehead atoms. The molecule has 0 heterocycles. The first-order chi connectivity index (χ1) is 4.77. The third kappa shape index (κ3) is 8.47. The van der Waals surface area contributed by atoms with Crippen LogP contribution in [0.2, 0.25) is 0 Å². The number of allylic oxidation sites excluding steroid dienone is 2. The summed E-state index contributed by atoms with van der Waals surface area (Å²) in [6.07, 6.45) is 9.09. The Morgan fingerprint density at radius 2 is 2.00 bits per heavy atom. The highest BCUT2D eigenvalue weighted by molar-refractivity contribution is 14.1. The molecular weight excluding hydrogens is 235 g/mol. The van der Waals surface area contributed by atoms with E-state index in [1.807, 2.05) is 0 Å². The minimum absolute atomic E-state index is 1.27. The predicted molar refractivity (Wildman–Crippen MR) is 56.5 cm³/mol. The van der Waals surface area contributed by atoms with Crippen molar-refractivity contribution in [2.75, 3.05) is 0 Å². The van der Waals surface area contributed by atoms with Gasteiger partial charge < -0.3 is 0 Å². The Morgan fingerprint density at radius 1 is 1.30 bits per heavy atom. The van der Waals surface area contributed by atoms with E-state index < -0.39 is 0 Å². The van der Waals surface area contributed by atoms with E-state index in [4.69, 9.17) is 0 Å². The van der Waals surface area contributed by atoms with Crippen LogP contribution >= 0.6 is 22.6 Å². The Kier molecular flexibility index (Phi) is 7.93. The fraction of sp³-hybridized carbons (Fsp3) is 0.778. The topological polar surface area (TPSA) is 0 Å². The number of unbranched alkanes of at least 4 members (excludes halogenated alkanes) is 4. The maximum atomic E-state index is 2.36. The second-order valence-electron chi connectivity index (χ2n) is 2.64. The molecule has 0 aliphatic rings. The lowest BCUT2D eigenvalue weighted by Gasteiger charge is -1.94. The van der Waals surface area contributed by atoms with Gasteiger partial charge in [0.05, 0.1) is 0 Å². The van der Waals surface area contributed by atoms with Crippen LogP contribution in [0.5, 0.6) is 0 Å². The number of rotatable bonds is 5. The van der Waals surface area contributed by atoms with Crippen LogP contribution in [0.1, 0.15) is 46.0 Å². The Hall–Kier alpha value is 0.470. The van der Waals surface area contributed by atoms with Crippen molar-refractivity contribution in [3.63, 3.8) is 0 Å². The highest BCUT2D eigenvalue weighted by Gasteiger charge is 1.84. The standard InChI is InChI=1S/C9H17I/c1-3-4-5-6-7-8-9(2)10/h8H,3-7H2,1-2H3/b9-8+. The molecule has 0 aromatic carbocycles. The van der Waals surface area contributed by atoms with Crippen LogP contribution in [0.3, 0.4) is 0 Å². The fourth-order valence-electron chi connectivity index (χ4n) is 0.872. The number of hydrogen-bond acceptors (Lipinski definition) is 0. The van der Waals surface area contributed by atoms with Gasteiger partial charge in [-0.05, 0) is 45.9 Å². The van der Waals surface area contributed by atoms with Gasteiger partial charge in [0.2, 0.25) is 0 Å². The average molecular weight is 252 g/mol. The molecule has 0 aromatic heterocycles. The van der Waals surface area contributed by atoms with Crippen molar-refractivity contribution in [2.24, 2.45) is 0 Å². The molecule has 0 N–H and O–H groups in total. The summed E-state index contributed by atoms with van der Waals surface area (Å²) >= 11 is 2.36.